The van der Waals surface area contributed by atoms with Gasteiger partial charge in [0.2, 0.25) is 6.79 Å². The van der Waals surface area contributed by atoms with Crippen LogP contribution in [-0.4, -0.2) is 13.9 Å². The molecule has 4 heteroatoms. The minimum absolute atomic E-state index is 0.220. The lowest BCUT2D eigenvalue weighted by Crippen LogP contribution is -2.02. The van der Waals surface area contributed by atoms with E-state index in [9.17, 15) is 5.26 Å². The fraction of sp³-hybridized carbons (Fsp3) is 0.316. The van der Waals surface area contributed by atoms with Crippen LogP contribution in [0, 0.1) is 11.3 Å². The van der Waals surface area contributed by atoms with Gasteiger partial charge in [0.05, 0.1) is 19.1 Å². The second-order valence-electron chi connectivity index (χ2n) is 5.50. The fourth-order valence-electron chi connectivity index (χ4n) is 2.84. The highest BCUT2D eigenvalue weighted by atomic mass is 16.7. The maximum atomic E-state index is 9.57. The van der Waals surface area contributed by atoms with Crippen molar-refractivity contribution in [1.82, 2.24) is 0 Å². The van der Waals surface area contributed by atoms with Crippen molar-refractivity contribution in [2.24, 2.45) is 0 Å². The monoisotopic (exact) mass is 309 g/mol. The molecule has 0 fully saturated rings. The zero-order valence-corrected chi connectivity index (χ0v) is 13.3. The molecular weight excluding hydrogens is 290 g/mol. The van der Waals surface area contributed by atoms with E-state index in [1.54, 1.807) is 7.11 Å². The first-order valence-corrected chi connectivity index (χ1v) is 7.70. The summed E-state index contributed by atoms with van der Waals surface area (Å²) in [7, 11) is 1.68. The minimum Gasteiger partial charge on any atom is -0.496 e. The van der Waals surface area contributed by atoms with E-state index in [0.29, 0.717) is 12.2 Å². The normalized spacial score (nSPS) is 13.4. The lowest BCUT2D eigenvalue weighted by Gasteiger charge is -2.13. The minimum atomic E-state index is -0.220. The third-order valence-electron chi connectivity index (χ3n) is 4.12. The topological polar surface area (TPSA) is 51.5 Å². The molecule has 4 nitrogen and oxygen atoms in total. The van der Waals surface area contributed by atoms with Gasteiger partial charge in [0, 0.05) is 0 Å². The maximum absolute atomic E-state index is 9.57. The van der Waals surface area contributed by atoms with Gasteiger partial charge in [-0.05, 0) is 47.7 Å². The van der Waals surface area contributed by atoms with Crippen molar-refractivity contribution in [2.75, 3.05) is 13.9 Å². The summed E-state index contributed by atoms with van der Waals surface area (Å²) in [5.74, 6) is 2.13. The van der Waals surface area contributed by atoms with Crippen molar-refractivity contribution in [1.29, 1.82) is 5.26 Å². The number of nitrogens with zero attached hydrogens (tertiary/aromatic N) is 1. The van der Waals surface area contributed by atoms with Crippen molar-refractivity contribution in [3.63, 3.8) is 0 Å². The van der Waals surface area contributed by atoms with E-state index >= 15 is 0 Å². The van der Waals surface area contributed by atoms with E-state index in [-0.39, 0.29) is 12.7 Å². The van der Waals surface area contributed by atoms with Crippen LogP contribution in [0.2, 0.25) is 0 Å². The van der Waals surface area contributed by atoms with Gasteiger partial charge in [-0.25, -0.2) is 0 Å². The Bertz CT molecular complexity index is 749. The Kier molecular flexibility index (Phi) is 4.38. The molecule has 1 aliphatic heterocycles. The van der Waals surface area contributed by atoms with E-state index in [2.05, 4.69) is 19.1 Å². The van der Waals surface area contributed by atoms with Gasteiger partial charge >= 0.3 is 0 Å². The predicted octanol–water partition coefficient (Wildman–Crippen LogP) is 3.84. The summed E-state index contributed by atoms with van der Waals surface area (Å²) in [6, 6.07) is 14.2. The molecule has 0 spiro atoms. The predicted molar refractivity (Wildman–Crippen MR) is 87.0 cm³/mol. The molecule has 2 aromatic carbocycles. The molecule has 0 N–H and O–H groups in total. The van der Waals surface area contributed by atoms with Crippen LogP contribution in [0.15, 0.2) is 36.4 Å². The molecule has 0 aliphatic carbocycles. The number of methoxy groups -OCH3 is 1. The molecule has 3 rings (SSSR count). The largest absolute Gasteiger partial charge is 0.496 e. The second kappa shape index (κ2) is 6.62. The average molecular weight is 309 g/mol. The smallest absolute Gasteiger partial charge is 0.231 e. The molecule has 0 saturated carbocycles. The van der Waals surface area contributed by atoms with Crippen LogP contribution in [-0.2, 0) is 12.8 Å². The molecule has 1 atom stereocenters. The van der Waals surface area contributed by atoms with Crippen LogP contribution in [0.1, 0.15) is 29.5 Å². The van der Waals surface area contributed by atoms with Gasteiger partial charge in [-0.15, -0.1) is 0 Å². The number of hydrogen-bond acceptors (Lipinski definition) is 4. The molecule has 118 valence electrons. The van der Waals surface area contributed by atoms with Crippen molar-refractivity contribution >= 4 is 0 Å². The number of fused-ring (bicyclic) bond motifs is 1. The summed E-state index contributed by atoms with van der Waals surface area (Å²) in [5.41, 5.74) is 3.24. The van der Waals surface area contributed by atoms with Crippen molar-refractivity contribution < 1.29 is 14.2 Å². The zero-order valence-electron chi connectivity index (χ0n) is 13.3. The third kappa shape index (κ3) is 3.09. The maximum Gasteiger partial charge on any atom is 0.231 e. The van der Waals surface area contributed by atoms with E-state index in [1.165, 1.54) is 0 Å². The van der Waals surface area contributed by atoms with Crippen LogP contribution in [0.5, 0.6) is 17.2 Å². The van der Waals surface area contributed by atoms with Crippen LogP contribution in [0.4, 0.5) is 0 Å². The van der Waals surface area contributed by atoms with Crippen LogP contribution < -0.4 is 14.2 Å². The Labute approximate surface area is 136 Å². The SMILES string of the molecule is CCc1cc(CC(C#N)c2ccc3c(c2)OCO3)ccc1OC. The summed E-state index contributed by atoms with van der Waals surface area (Å²) >= 11 is 0. The van der Waals surface area contributed by atoms with Gasteiger partial charge in [0.25, 0.3) is 0 Å². The quantitative estimate of drug-likeness (QED) is 0.842. The molecular formula is C19H19NO3. The number of ether oxygens (including phenoxy) is 3. The Morgan fingerprint density at radius 1 is 1.17 bits per heavy atom. The van der Waals surface area contributed by atoms with Gasteiger partial charge in [0.15, 0.2) is 11.5 Å². The number of hydrogen-bond donors (Lipinski definition) is 0. The summed E-state index contributed by atoms with van der Waals surface area (Å²) in [6.45, 7) is 2.34. The molecule has 0 amide bonds. The molecule has 0 bridgehead atoms. The van der Waals surface area contributed by atoms with Crippen molar-refractivity contribution in [3.8, 4) is 23.3 Å². The highest BCUT2D eigenvalue weighted by Crippen LogP contribution is 2.35. The fourth-order valence-corrected chi connectivity index (χ4v) is 2.84. The van der Waals surface area contributed by atoms with Crippen LogP contribution in [0.3, 0.4) is 0 Å². The molecule has 1 aliphatic rings. The zero-order chi connectivity index (χ0) is 16.2. The number of aryl methyl sites for hydroxylation is 1. The van der Waals surface area contributed by atoms with E-state index < -0.39 is 0 Å². The molecule has 23 heavy (non-hydrogen) atoms. The second-order valence-corrected chi connectivity index (χ2v) is 5.50. The van der Waals surface area contributed by atoms with Gasteiger partial charge in [-0.1, -0.05) is 25.1 Å². The summed E-state index contributed by atoms with van der Waals surface area (Å²) in [6.07, 6.45) is 1.56. The molecule has 2 aromatic rings. The van der Waals surface area contributed by atoms with Crippen molar-refractivity contribution in [2.45, 2.75) is 25.7 Å². The van der Waals surface area contributed by atoms with Crippen LogP contribution in [0.25, 0.3) is 0 Å². The number of rotatable bonds is 5. The summed E-state index contributed by atoms with van der Waals surface area (Å²) < 4.78 is 16.1. The van der Waals surface area contributed by atoms with Crippen molar-refractivity contribution in [3.05, 3.63) is 53.1 Å². The number of benzene rings is 2. The highest BCUT2D eigenvalue weighted by molar-refractivity contribution is 5.47. The molecule has 0 saturated heterocycles. The van der Waals surface area contributed by atoms with E-state index in [4.69, 9.17) is 14.2 Å². The van der Waals surface area contributed by atoms with E-state index in [0.717, 1.165) is 34.6 Å². The average Bonchev–Trinajstić information content (AvgIpc) is 3.07. The first kappa shape index (κ1) is 15.2. The molecule has 0 aromatic heterocycles. The van der Waals surface area contributed by atoms with Gasteiger partial charge in [0.1, 0.15) is 5.75 Å². The Morgan fingerprint density at radius 3 is 2.74 bits per heavy atom. The summed E-state index contributed by atoms with van der Waals surface area (Å²) in [4.78, 5) is 0. The summed E-state index contributed by atoms with van der Waals surface area (Å²) in [5, 5.41) is 9.57. The molecule has 1 unspecified atom stereocenters. The third-order valence-corrected chi connectivity index (χ3v) is 4.12. The lowest BCUT2D eigenvalue weighted by atomic mass is 9.92. The standard InChI is InChI=1S/C19H19NO3/c1-3-14-8-13(4-6-17(14)21-2)9-16(11-20)15-5-7-18-19(10-15)23-12-22-18/h4-8,10,16H,3,9,12H2,1-2H3. The van der Waals surface area contributed by atoms with E-state index in [1.807, 2.05) is 30.3 Å². The first-order valence-electron chi connectivity index (χ1n) is 7.70. The Hall–Kier alpha value is -2.67. The molecule has 1 heterocycles. The van der Waals surface area contributed by atoms with Gasteiger partial charge in [-0.2, -0.15) is 5.26 Å². The van der Waals surface area contributed by atoms with Crippen LogP contribution >= 0.6 is 0 Å². The Morgan fingerprint density at radius 2 is 2.00 bits per heavy atom. The molecule has 0 radical (unpaired) electrons. The highest BCUT2D eigenvalue weighted by Gasteiger charge is 2.18. The van der Waals surface area contributed by atoms with Gasteiger partial charge < -0.3 is 14.2 Å². The number of nitriles is 1. The lowest BCUT2D eigenvalue weighted by molar-refractivity contribution is 0.174. The Balaban J connectivity index is 1.84. The first-order chi connectivity index (χ1) is 11.2. The van der Waals surface area contributed by atoms with Gasteiger partial charge in [-0.3, -0.25) is 0 Å².